The molecule has 2 unspecified atom stereocenters. The molecule has 142 valence electrons. The van der Waals surface area contributed by atoms with Crippen LogP contribution in [0.1, 0.15) is 74.1 Å². The molecule has 0 aromatic heterocycles. The maximum atomic E-state index is 11.6. The van der Waals surface area contributed by atoms with Crippen LogP contribution in [0.5, 0.6) is 0 Å². The van der Waals surface area contributed by atoms with Gasteiger partial charge in [0.1, 0.15) is 0 Å². The molecule has 6 nitrogen and oxygen atoms in total. The average molecular weight is 352 g/mol. The standard InChI is InChI=1S/C10H17NO2.C9H15NO2/c1-9(2,3)10(4)6-5-7(12)11-8(10)13;1-9(2,3)6-4-5-7(11)10-8(6)12/h5-6H2,1-4H3,(H,11,12,13);6H,4-5H2,1-3H3,(H,10,11,12). The first-order valence-corrected chi connectivity index (χ1v) is 8.86. The van der Waals surface area contributed by atoms with Crippen molar-refractivity contribution in [1.82, 2.24) is 10.6 Å². The van der Waals surface area contributed by atoms with E-state index in [4.69, 9.17) is 0 Å². The van der Waals surface area contributed by atoms with E-state index in [1.54, 1.807) is 0 Å². The Morgan fingerprint density at radius 1 is 0.880 bits per heavy atom. The third-order valence-corrected chi connectivity index (χ3v) is 5.55. The summed E-state index contributed by atoms with van der Waals surface area (Å²) in [6.07, 6.45) is 2.28. The lowest BCUT2D eigenvalue weighted by Gasteiger charge is -2.42. The normalized spacial score (nSPS) is 27.9. The van der Waals surface area contributed by atoms with Gasteiger partial charge >= 0.3 is 0 Å². The van der Waals surface area contributed by atoms with Crippen LogP contribution in [0.25, 0.3) is 0 Å². The molecular formula is C19H32N2O4. The van der Waals surface area contributed by atoms with Crippen LogP contribution in [-0.2, 0) is 19.2 Å². The second-order valence-electron chi connectivity index (χ2n) is 9.33. The third kappa shape index (κ3) is 5.13. The van der Waals surface area contributed by atoms with Crippen molar-refractivity contribution in [2.24, 2.45) is 22.2 Å². The van der Waals surface area contributed by atoms with Crippen molar-refractivity contribution in [2.75, 3.05) is 0 Å². The highest BCUT2D eigenvalue weighted by Gasteiger charge is 2.47. The molecule has 0 spiro atoms. The van der Waals surface area contributed by atoms with Gasteiger partial charge in [-0.05, 0) is 23.7 Å². The molecule has 0 aromatic carbocycles. The fourth-order valence-electron chi connectivity index (χ4n) is 3.04. The van der Waals surface area contributed by atoms with Gasteiger partial charge in [-0.1, -0.05) is 48.5 Å². The number of hydrogen-bond acceptors (Lipinski definition) is 4. The summed E-state index contributed by atoms with van der Waals surface area (Å²) in [5.41, 5.74) is -0.552. The van der Waals surface area contributed by atoms with Gasteiger partial charge in [-0.25, -0.2) is 0 Å². The fraction of sp³-hybridized carbons (Fsp3) is 0.789. The minimum atomic E-state index is -0.416. The van der Waals surface area contributed by atoms with Gasteiger partial charge in [0.05, 0.1) is 5.41 Å². The van der Waals surface area contributed by atoms with Crippen molar-refractivity contribution in [3.05, 3.63) is 0 Å². The van der Waals surface area contributed by atoms with Crippen LogP contribution in [0.3, 0.4) is 0 Å². The predicted octanol–water partition coefficient (Wildman–Crippen LogP) is 2.56. The Balaban J connectivity index is 0.000000251. The topological polar surface area (TPSA) is 92.3 Å². The molecule has 2 N–H and O–H groups in total. The van der Waals surface area contributed by atoms with E-state index in [-0.39, 0.29) is 40.4 Å². The molecular weight excluding hydrogens is 320 g/mol. The second-order valence-corrected chi connectivity index (χ2v) is 9.33. The van der Waals surface area contributed by atoms with E-state index < -0.39 is 5.41 Å². The number of carbonyl (C=O) groups is 4. The number of hydrogen-bond donors (Lipinski definition) is 2. The summed E-state index contributed by atoms with van der Waals surface area (Å²) in [5, 5.41) is 4.76. The summed E-state index contributed by atoms with van der Waals surface area (Å²) < 4.78 is 0. The lowest BCUT2D eigenvalue weighted by atomic mass is 9.63. The van der Waals surface area contributed by atoms with E-state index >= 15 is 0 Å². The Morgan fingerprint density at radius 2 is 1.40 bits per heavy atom. The average Bonchev–Trinajstić information content (AvgIpc) is 2.41. The maximum Gasteiger partial charge on any atom is 0.233 e. The SMILES string of the molecule is CC(C)(C)C1(C)CCC(=O)NC1=O.CC(C)(C)C1CCC(=O)NC1=O. The molecule has 2 heterocycles. The van der Waals surface area contributed by atoms with Crippen molar-refractivity contribution >= 4 is 23.6 Å². The van der Waals surface area contributed by atoms with Crippen LogP contribution in [0, 0.1) is 22.2 Å². The van der Waals surface area contributed by atoms with Gasteiger partial charge in [-0.2, -0.15) is 0 Å². The van der Waals surface area contributed by atoms with Crippen LogP contribution in [-0.4, -0.2) is 23.6 Å². The number of carbonyl (C=O) groups excluding carboxylic acids is 4. The van der Waals surface area contributed by atoms with Crippen molar-refractivity contribution in [2.45, 2.75) is 74.1 Å². The Bertz CT molecular complexity index is 569. The van der Waals surface area contributed by atoms with E-state index in [1.807, 2.05) is 48.5 Å². The molecule has 0 aromatic rings. The van der Waals surface area contributed by atoms with Gasteiger partial charge in [-0.15, -0.1) is 0 Å². The predicted molar refractivity (Wildman–Crippen MR) is 95.3 cm³/mol. The molecule has 0 aliphatic carbocycles. The first-order chi connectivity index (χ1) is 11.2. The smallest absolute Gasteiger partial charge is 0.233 e. The number of piperidine rings is 2. The van der Waals surface area contributed by atoms with Crippen molar-refractivity contribution in [3.8, 4) is 0 Å². The molecule has 4 amide bonds. The largest absolute Gasteiger partial charge is 0.296 e. The molecule has 25 heavy (non-hydrogen) atoms. The molecule has 0 radical (unpaired) electrons. The van der Waals surface area contributed by atoms with Crippen molar-refractivity contribution in [3.63, 3.8) is 0 Å². The minimum absolute atomic E-state index is 0.0183. The molecule has 2 aliphatic heterocycles. The summed E-state index contributed by atoms with van der Waals surface area (Å²) in [7, 11) is 0. The Hall–Kier alpha value is -1.72. The van der Waals surface area contributed by atoms with E-state index in [9.17, 15) is 19.2 Å². The summed E-state index contributed by atoms with van der Waals surface area (Å²) in [6, 6.07) is 0. The van der Waals surface area contributed by atoms with Gasteiger partial charge in [0, 0.05) is 18.8 Å². The zero-order valence-corrected chi connectivity index (χ0v) is 16.5. The fourth-order valence-corrected chi connectivity index (χ4v) is 3.04. The first-order valence-electron chi connectivity index (χ1n) is 8.86. The number of nitrogens with one attached hydrogen (secondary N) is 2. The third-order valence-electron chi connectivity index (χ3n) is 5.55. The van der Waals surface area contributed by atoms with E-state index in [1.165, 1.54) is 0 Å². The van der Waals surface area contributed by atoms with Crippen LogP contribution in [0.4, 0.5) is 0 Å². The van der Waals surface area contributed by atoms with E-state index in [0.717, 1.165) is 0 Å². The molecule has 2 fully saturated rings. The van der Waals surface area contributed by atoms with Crippen LogP contribution < -0.4 is 10.6 Å². The van der Waals surface area contributed by atoms with Gasteiger partial charge in [0.25, 0.3) is 0 Å². The first kappa shape index (κ1) is 21.3. The molecule has 2 aliphatic rings. The van der Waals surface area contributed by atoms with Gasteiger partial charge in [0.15, 0.2) is 0 Å². The van der Waals surface area contributed by atoms with Crippen molar-refractivity contribution in [1.29, 1.82) is 0 Å². The Labute approximate surface area is 150 Å². The summed E-state index contributed by atoms with van der Waals surface area (Å²) in [4.78, 5) is 44.7. The molecule has 2 rings (SSSR count). The van der Waals surface area contributed by atoms with Crippen LogP contribution in [0.2, 0.25) is 0 Å². The van der Waals surface area contributed by atoms with Gasteiger partial charge in [-0.3, -0.25) is 29.8 Å². The molecule has 0 bridgehead atoms. The Kier molecular flexibility index (Phi) is 6.19. The highest BCUT2D eigenvalue weighted by molar-refractivity contribution is 6.00. The van der Waals surface area contributed by atoms with Crippen LogP contribution in [0.15, 0.2) is 0 Å². The second kappa shape index (κ2) is 7.26. The molecule has 6 heteroatoms. The highest BCUT2D eigenvalue weighted by Crippen LogP contribution is 2.43. The summed E-state index contributed by atoms with van der Waals surface area (Å²) in [6.45, 7) is 14.1. The lowest BCUT2D eigenvalue weighted by Crippen LogP contribution is -2.53. The molecule has 0 saturated carbocycles. The number of rotatable bonds is 0. The number of imide groups is 2. The zero-order valence-electron chi connectivity index (χ0n) is 16.5. The monoisotopic (exact) mass is 352 g/mol. The molecule has 2 saturated heterocycles. The Morgan fingerprint density at radius 3 is 1.80 bits per heavy atom. The zero-order chi connectivity index (χ0) is 19.6. The quantitative estimate of drug-likeness (QED) is 0.655. The minimum Gasteiger partial charge on any atom is -0.296 e. The van der Waals surface area contributed by atoms with Crippen LogP contribution >= 0.6 is 0 Å². The lowest BCUT2D eigenvalue weighted by molar-refractivity contribution is -0.146. The van der Waals surface area contributed by atoms with Crippen molar-refractivity contribution < 1.29 is 19.2 Å². The summed E-state index contributed by atoms with van der Waals surface area (Å²) >= 11 is 0. The van der Waals surface area contributed by atoms with E-state index in [2.05, 4.69) is 10.6 Å². The maximum absolute atomic E-state index is 11.6. The van der Waals surface area contributed by atoms with Gasteiger partial charge in [0.2, 0.25) is 23.6 Å². The summed E-state index contributed by atoms with van der Waals surface area (Å²) in [5.74, 6) is -0.544. The van der Waals surface area contributed by atoms with E-state index in [0.29, 0.717) is 25.7 Å². The van der Waals surface area contributed by atoms with Gasteiger partial charge < -0.3 is 0 Å². The molecule has 2 atom stereocenters. The number of amides is 4. The highest BCUT2D eigenvalue weighted by atomic mass is 16.2.